The lowest BCUT2D eigenvalue weighted by atomic mass is 10.1. The van der Waals surface area contributed by atoms with Crippen LogP contribution < -0.4 is 4.74 Å². The molecule has 5 nitrogen and oxygen atoms in total. The summed E-state index contributed by atoms with van der Waals surface area (Å²) in [5.74, 6) is 1.07. The van der Waals surface area contributed by atoms with Gasteiger partial charge >= 0.3 is 0 Å². The summed E-state index contributed by atoms with van der Waals surface area (Å²) in [6, 6.07) is 8.10. The third-order valence-electron chi connectivity index (χ3n) is 4.24. The first kappa shape index (κ1) is 16.8. The minimum absolute atomic E-state index is 0.163. The Morgan fingerprint density at radius 1 is 1.38 bits per heavy atom. The molecular formula is C18H22ClN3O2. The number of amides is 1. The van der Waals surface area contributed by atoms with Crippen LogP contribution in [0.3, 0.4) is 0 Å². The van der Waals surface area contributed by atoms with Crippen LogP contribution in [0.4, 0.5) is 0 Å². The number of piperidine rings is 1. The Morgan fingerprint density at radius 2 is 2.17 bits per heavy atom. The standard InChI is InChI=1S/C18H22ClN3O2/c1-14-3-2-4-17(11-14)24-16-5-8-21(9-6-16)18(23)7-10-22-13-15(19)12-20-22/h2-4,11-13,16H,5-10H2,1H3. The van der Waals surface area contributed by atoms with E-state index in [0.717, 1.165) is 31.7 Å². The quantitative estimate of drug-likeness (QED) is 0.833. The molecule has 1 saturated heterocycles. The SMILES string of the molecule is Cc1cccc(OC2CCN(C(=O)CCn3cc(Cl)cn3)CC2)c1. The van der Waals surface area contributed by atoms with Gasteiger partial charge in [-0.2, -0.15) is 5.10 Å². The second-order valence-corrected chi connectivity index (χ2v) is 6.62. The zero-order chi connectivity index (χ0) is 16.9. The van der Waals surface area contributed by atoms with Gasteiger partial charge in [0.05, 0.1) is 11.2 Å². The number of rotatable bonds is 5. The molecular weight excluding hydrogens is 326 g/mol. The van der Waals surface area contributed by atoms with E-state index in [9.17, 15) is 4.79 Å². The number of halogens is 1. The van der Waals surface area contributed by atoms with Crippen LogP contribution in [-0.2, 0) is 11.3 Å². The molecule has 0 spiro atoms. The van der Waals surface area contributed by atoms with E-state index in [-0.39, 0.29) is 12.0 Å². The minimum atomic E-state index is 0.163. The number of aryl methyl sites for hydroxylation is 2. The summed E-state index contributed by atoms with van der Waals surface area (Å²) in [5.41, 5.74) is 1.19. The summed E-state index contributed by atoms with van der Waals surface area (Å²) in [5, 5.41) is 4.69. The Labute approximate surface area is 147 Å². The van der Waals surface area contributed by atoms with E-state index in [2.05, 4.69) is 18.1 Å². The maximum atomic E-state index is 12.3. The van der Waals surface area contributed by atoms with E-state index < -0.39 is 0 Å². The molecule has 1 fully saturated rings. The van der Waals surface area contributed by atoms with Gasteiger partial charge in [0.2, 0.25) is 5.91 Å². The maximum Gasteiger partial charge on any atom is 0.224 e. The van der Waals surface area contributed by atoms with Crippen LogP contribution in [0.15, 0.2) is 36.7 Å². The number of carbonyl (C=O) groups excluding carboxylic acids is 1. The van der Waals surface area contributed by atoms with Crippen LogP contribution in [0.5, 0.6) is 5.75 Å². The van der Waals surface area contributed by atoms with Crippen LogP contribution in [0.2, 0.25) is 5.02 Å². The van der Waals surface area contributed by atoms with Crippen molar-refractivity contribution in [1.82, 2.24) is 14.7 Å². The summed E-state index contributed by atoms with van der Waals surface area (Å²) >= 11 is 5.82. The van der Waals surface area contributed by atoms with Crippen molar-refractivity contribution in [3.63, 3.8) is 0 Å². The third kappa shape index (κ3) is 4.51. The van der Waals surface area contributed by atoms with Gasteiger partial charge in [-0.25, -0.2) is 0 Å². The van der Waals surface area contributed by atoms with Gasteiger partial charge in [-0.15, -0.1) is 0 Å². The highest BCUT2D eigenvalue weighted by molar-refractivity contribution is 6.30. The fourth-order valence-electron chi connectivity index (χ4n) is 2.93. The van der Waals surface area contributed by atoms with Crippen molar-refractivity contribution in [3.8, 4) is 5.75 Å². The second-order valence-electron chi connectivity index (χ2n) is 6.19. The normalized spacial score (nSPS) is 15.5. The van der Waals surface area contributed by atoms with Gasteiger partial charge in [0.1, 0.15) is 11.9 Å². The summed E-state index contributed by atoms with van der Waals surface area (Å²) in [7, 11) is 0. The number of hydrogen-bond donors (Lipinski definition) is 0. The van der Waals surface area contributed by atoms with Gasteiger partial charge in [0.25, 0.3) is 0 Å². The molecule has 1 aromatic carbocycles. The van der Waals surface area contributed by atoms with Crippen LogP contribution in [0.25, 0.3) is 0 Å². The molecule has 0 bridgehead atoms. The highest BCUT2D eigenvalue weighted by Gasteiger charge is 2.23. The zero-order valence-corrected chi connectivity index (χ0v) is 14.6. The Kier molecular flexibility index (Phi) is 5.41. The Balaban J connectivity index is 1.43. The average Bonchev–Trinajstić information content (AvgIpc) is 2.99. The number of carbonyl (C=O) groups is 1. The Morgan fingerprint density at radius 3 is 2.83 bits per heavy atom. The molecule has 0 aliphatic carbocycles. The maximum absolute atomic E-state index is 12.3. The summed E-state index contributed by atoms with van der Waals surface area (Å²) in [6.07, 6.45) is 5.68. The molecule has 0 unspecified atom stereocenters. The predicted octanol–water partition coefficient (Wildman–Crippen LogP) is 3.31. The number of benzene rings is 1. The van der Waals surface area contributed by atoms with E-state index in [4.69, 9.17) is 16.3 Å². The molecule has 0 atom stereocenters. The highest BCUT2D eigenvalue weighted by Crippen LogP contribution is 2.20. The Bertz CT molecular complexity index is 693. The van der Waals surface area contributed by atoms with Gasteiger partial charge in [-0.05, 0) is 24.6 Å². The summed E-state index contributed by atoms with van der Waals surface area (Å²) in [4.78, 5) is 14.2. The lowest BCUT2D eigenvalue weighted by molar-refractivity contribution is -0.133. The molecule has 1 aliphatic rings. The van der Waals surface area contributed by atoms with E-state index in [0.29, 0.717) is 18.0 Å². The van der Waals surface area contributed by atoms with E-state index >= 15 is 0 Å². The topological polar surface area (TPSA) is 47.4 Å². The van der Waals surface area contributed by atoms with Gasteiger partial charge in [0, 0.05) is 45.1 Å². The molecule has 1 amide bonds. The predicted molar refractivity (Wildman–Crippen MR) is 93.3 cm³/mol. The van der Waals surface area contributed by atoms with Crippen molar-refractivity contribution in [2.45, 2.75) is 38.8 Å². The smallest absolute Gasteiger partial charge is 0.224 e. The lowest BCUT2D eigenvalue weighted by Gasteiger charge is -2.32. The summed E-state index contributed by atoms with van der Waals surface area (Å²) < 4.78 is 7.73. The third-order valence-corrected chi connectivity index (χ3v) is 4.44. The number of hydrogen-bond acceptors (Lipinski definition) is 3. The molecule has 128 valence electrons. The first-order chi connectivity index (χ1) is 11.6. The highest BCUT2D eigenvalue weighted by atomic mass is 35.5. The van der Waals surface area contributed by atoms with Gasteiger partial charge < -0.3 is 9.64 Å². The molecule has 6 heteroatoms. The van der Waals surface area contributed by atoms with Crippen LogP contribution in [0.1, 0.15) is 24.8 Å². The van der Waals surface area contributed by atoms with Gasteiger partial charge in [-0.3, -0.25) is 9.48 Å². The second kappa shape index (κ2) is 7.71. The van der Waals surface area contributed by atoms with Crippen LogP contribution >= 0.6 is 11.6 Å². The first-order valence-corrected chi connectivity index (χ1v) is 8.67. The van der Waals surface area contributed by atoms with Crippen LogP contribution in [0, 0.1) is 6.92 Å². The molecule has 2 heterocycles. The van der Waals surface area contributed by atoms with Crippen molar-refractivity contribution in [1.29, 1.82) is 0 Å². The molecule has 0 saturated carbocycles. The van der Waals surface area contributed by atoms with Crippen molar-refractivity contribution < 1.29 is 9.53 Å². The lowest BCUT2D eigenvalue weighted by Crippen LogP contribution is -2.42. The molecule has 3 rings (SSSR count). The van der Waals surface area contributed by atoms with E-state index in [1.807, 2.05) is 23.1 Å². The molecule has 0 radical (unpaired) electrons. The van der Waals surface area contributed by atoms with Gasteiger partial charge in [0.15, 0.2) is 0 Å². The molecule has 0 N–H and O–H groups in total. The number of aromatic nitrogens is 2. The van der Waals surface area contributed by atoms with E-state index in [1.165, 1.54) is 5.56 Å². The number of nitrogens with zero attached hydrogens (tertiary/aromatic N) is 3. The molecule has 24 heavy (non-hydrogen) atoms. The van der Waals surface area contributed by atoms with Gasteiger partial charge in [-0.1, -0.05) is 23.7 Å². The average molecular weight is 348 g/mol. The van der Waals surface area contributed by atoms with Crippen molar-refractivity contribution in [3.05, 3.63) is 47.2 Å². The number of likely N-dealkylation sites (tertiary alicyclic amines) is 1. The van der Waals surface area contributed by atoms with Crippen LogP contribution in [-0.4, -0.2) is 39.8 Å². The minimum Gasteiger partial charge on any atom is -0.490 e. The Hall–Kier alpha value is -2.01. The molecule has 2 aromatic rings. The van der Waals surface area contributed by atoms with E-state index in [1.54, 1.807) is 17.1 Å². The monoisotopic (exact) mass is 347 g/mol. The zero-order valence-electron chi connectivity index (χ0n) is 13.8. The number of ether oxygens (including phenoxy) is 1. The fraction of sp³-hybridized carbons (Fsp3) is 0.444. The first-order valence-electron chi connectivity index (χ1n) is 8.29. The molecule has 1 aromatic heterocycles. The largest absolute Gasteiger partial charge is 0.490 e. The van der Waals surface area contributed by atoms with Crippen molar-refractivity contribution >= 4 is 17.5 Å². The van der Waals surface area contributed by atoms with Crippen molar-refractivity contribution in [2.24, 2.45) is 0 Å². The van der Waals surface area contributed by atoms with Crippen molar-refractivity contribution in [2.75, 3.05) is 13.1 Å². The fourth-order valence-corrected chi connectivity index (χ4v) is 3.09. The molecule has 1 aliphatic heterocycles. The summed E-state index contributed by atoms with van der Waals surface area (Å²) in [6.45, 7) is 4.11.